The third-order valence-corrected chi connectivity index (χ3v) is 4.52. The zero-order chi connectivity index (χ0) is 19.7. The third kappa shape index (κ3) is 3.42. The highest BCUT2D eigenvalue weighted by Gasteiger charge is 2.21. The minimum absolute atomic E-state index is 0.195. The Morgan fingerprint density at radius 3 is 2.64 bits per heavy atom. The fourth-order valence-electron chi connectivity index (χ4n) is 2.92. The standard InChI is InChI=1S/C21H16ClN3O3/c1-12-11-24-19(25-13(2)26)10-15(12)18-9-16(21-23-7-8-27-21)20(28-18)14-5-3-4-6-17(14)22/h3-11H,1-2H3,(H,24,25,26). The van der Waals surface area contributed by atoms with Crippen molar-refractivity contribution in [3.63, 3.8) is 0 Å². The van der Waals surface area contributed by atoms with Gasteiger partial charge >= 0.3 is 0 Å². The summed E-state index contributed by atoms with van der Waals surface area (Å²) in [5, 5.41) is 3.25. The lowest BCUT2D eigenvalue weighted by molar-refractivity contribution is -0.114. The van der Waals surface area contributed by atoms with Crippen molar-refractivity contribution in [1.29, 1.82) is 0 Å². The van der Waals surface area contributed by atoms with Crippen molar-refractivity contribution < 1.29 is 13.6 Å². The number of rotatable bonds is 4. The summed E-state index contributed by atoms with van der Waals surface area (Å²) in [4.78, 5) is 19.9. The maximum Gasteiger partial charge on any atom is 0.229 e. The highest BCUT2D eigenvalue weighted by Crippen LogP contribution is 2.41. The molecule has 3 heterocycles. The number of furan rings is 1. The molecule has 0 saturated heterocycles. The maximum absolute atomic E-state index is 11.4. The van der Waals surface area contributed by atoms with Crippen LogP contribution in [0.4, 0.5) is 5.82 Å². The lowest BCUT2D eigenvalue weighted by Crippen LogP contribution is -2.07. The van der Waals surface area contributed by atoms with Crippen LogP contribution in [0, 0.1) is 6.92 Å². The molecule has 0 fully saturated rings. The second-order valence-corrected chi connectivity index (χ2v) is 6.64. The van der Waals surface area contributed by atoms with Crippen LogP contribution >= 0.6 is 11.6 Å². The van der Waals surface area contributed by atoms with E-state index in [2.05, 4.69) is 15.3 Å². The first kappa shape index (κ1) is 18.0. The Morgan fingerprint density at radius 1 is 1.11 bits per heavy atom. The molecule has 0 aliphatic carbocycles. The molecule has 1 aromatic carbocycles. The second-order valence-electron chi connectivity index (χ2n) is 6.24. The van der Waals surface area contributed by atoms with E-state index in [0.717, 1.165) is 16.7 Å². The quantitative estimate of drug-likeness (QED) is 0.489. The summed E-state index contributed by atoms with van der Waals surface area (Å²) >= 11 is 6.39. The fraction of sp³-hybridized carbons (Fsp3) is 0.0952. The highest BCUT2D eigenvalue weighted by molar-refractivity contribution is 6.33. The van der Waals surface area contributed by atoms with E-state index in [-0.39, 0.29) is 5.91 Å². The smallest absolute Gasteiger partial charge is 0.229 e. The number of amides is 1. The van der Waals surface area contributed by atoms with E-state index in [1.165, 1.54) is 13.2 Å². The largest absolute Gasteiger partial charge is 0.455 e. The number of nitrogens with one attached hydrogen (secondary N) is 1. The average Bonchev–Trinajstić information content (AvgIpc) is 3.32. The normalized spacial score (nSPS) is 10.8. The Morgan fingerprint density at radius 2 is 1.93 bits per heavy atom. The number of benzene rings is 1. The van der Waals surface area contributed by atoms with E-state index >= 15 is 0 Å². The molecule has 140 valence electrons. The molecule has 0 radical (unpaired) electrons. The van der Waals surface area contributed by atoms with Gasteiger partial charge < -0.3 is 14.2 Å². The van der Waals surface area contributed by atoms with Crippen molar-refractivity contribution in [1.82, 2.24) is 9.97 Å². The summed E-state index contributed by atoms with van der Waals surface area (Å²) in [5.41, 5.74) is 3.11. The van der Waals surface area contributed by atoms with Crippen LogP contribution in [0.2, 0.25) is 5.02 Å². The van der Waals surface area contributed by atoms with E-state index in [0.29, 0.717) is 33.8 Å². The van der Waals surface area contributed by atoms with Gasteiger partial charge in [0, 0.05) is 24.2 Å². The van der Waals surface area contributed by atoms with Crippen LogP contribution in [0.15, 0.2) is 63.9 Å². The summed E-state index contributed by atoms with van der Waals surface area (Å²) in [5.74, 6) is 1.83. The molecular weight excluding hydrogens is 378 g/mol. The summed E-state index contributed by atoms with van der Waals surface area (Å²) in [7, 11) is 0. The fourth-order valence-corrected chi connectivity index (χ4v) is 3.14. The van der Waals surface area contributed by atoms with Gasteiger partial charge in [-0.2, -0.15) is 0 Å². The number of anilines is 1. The molecule has 1 N–H and O–H groups in total. The number of halogens is 1. The van der Waals surface area contributed by atoms with Crippen molar-refractivity contribution >= 4 is 23.3 Å². The van der Waals surface area contributed by atoms with Gasteiger partial charge in [0.1, 0.15) is 23.6 Å². The van der Waals surface area contributed by atoms with Gasteiger partial charge in [-0.25, -0.2) is 9.97 Å². The molecule has 7 heteroatoms. The Hall–Kier alpha value is -3.38. The Kier molecular flexibility index (Phi) is 4.71. The number of aryl methyl sites for hydroxylation is 1. The van der Waals surface area contributed by atoms with Crippen LogP contribution in [0.3, 0.4) is 0 Å². The molecule has 3 aromatic heterocycles. The van der Waals surface area contributed by atoms with Crippen LogP contribution in [0.5, 0.6) is 0 Å². The van der Waals surface area contributed by atoms with Crippen LogP contribution < -0.4 is 5.32 Å². The molecule has 0 aliphatic rings. The maximum atomic E-state index is 11.4. The number of carbonyl (C=O) groups excluding carboxylic acids is 1. The van der Waals surface area contributed by atoms with E-state index in [4.69, 9.17) is 20.4 Å². The molecule has 0 unspecified atom stereocenters. The number of nitrogens with zero attached hydrogens (tertiary/aromatic N) is 2. The number of pyridine rings is 1. The highest BCUT2D eigenvalue weighted by atomic mass is 35.5. The lowest BCUT2D eigenvalue weighted by atomic mass is 10.1. The van der Waals surface area contributed by atoms with Gasteiger partial charge in [-0.1, -0.05) is 23.7 Å². The van der Waals surface area contributed by atoms with Crippen molar-refractivity contribution in [2.45, 2.75) is 13.8 Å². The molecule has 28 heavy (non-hydrogen) atoms. The van der Waals surface area contributed by atoms with Gasteiger partial charge in [-0.3, -0.25) is 4.79 Å². The summed E-state index contributed by atoms with van der Waals surface area (Å²) in [6, 6.07) is 11.0. The van der Waals surface area contributed by atoms with Crippen molar-refractivity contribution in [2.24, 2.45) is 0 Å². The zero-order valence-corrected chi connectivity index (χ0v) is 15.9. The molecule has 0 atom stereocenters. The lowest BCUT2D eigenvalue weighted by Gasteiger charge is -2.06. The summed E-state index contributed by atoms with van der Waals surface area (Å²) in [6.07, 6.45) is 4.76. The molecule has 0 bridgehead atoms. The molecule has 1 amide bonds. The molecule has 0 aliphatic heterocycles. The van der Waals surface area contributed by atoms with Crippen LogP contribution in [-0.4, -0.2) is 15.9 Å². The predicted octanol–water partition coefficient (Wildman–Crippen LogP) is 5.58. The number of oxazole rings is 1. The third-order valence-electron chi connectivity index (χ3n) is 4.19. The summed E-state index contributed by atoms with van der Waals surface area (Å²) < 4.78 is 11.7. The topological polar surface area (TPSA) is 81.2 Å². The van der Waals surface area contributed by atoms with Gasteiger partial charge in [0.05, 0.1) is 16.8 Å². The number of carbonyl (C=O) groups is 1. The Balaban J connectivity index is 1.90. The first-order valence-corrected chi connectivity index (χ1v) is 8.94. The second kappa shape index (κ2) is 7.32. The predicted molar refractivity (Wildman–Crippen MR) is 107 cm³/mol. The van der Waals surface area contributed by atoms with Crippen molar-refractivity contribution in [2.75, 3.05) is 5.32 Å². The number of hydrogen-bond acceptors (Lipinski definition) is 5. The molecule has 0 saturated carbocycles. The Bertz CT molecular complexity index is 1150. The van der Waals surface area contributed by atoms with E-state index < -0.39 is 0 Å². The zero-order valence-electron chi connectivity index (χ0n) is 15.2. The van der Waals surface area contributed by atoms with Crippen LogP contribution in [-0.2, 0) is 4.79 Å². The van der Waals surface area contributed by atoms with Gasteiger partial charge in [0.2, 0.25) is 11.8 Å². The average molecular weight is 394 g/mol. The monoisotopic (exact) mass is 393 g/mol. The van der Waals surface area contributed by atoms with Crippen molar-refractivity contribution in [3.05, 3.63) is 65.6 Å². The minimum Gasteiger partial charge on any atom is -0.455 e. The first-order chi connectivity index (χ1) is 13.5. The molecule has 6 nitrogen and oxygen atoms in total. The van der Waals surface area contributed by atoms with Gasteiger partial charge in [-0.05, 0) is 36.8 Å². The van der Waals surface area contributed by atoms with Crippen LogP contribution in [0.1, 0.15) is 12.5 Å². The van der Waals surface area contributed by atoms with Gasteiger partial charge in [0.15, 0.2) is 0 Å². The van der Waals surface area contributed by atoms with Gasteiger partial charge in [0.25, 0.3) is 0 Å². The first-order valence-electron chi connectivity index (χ1n) is 8.56. The van der Waals surface area contributed by atoms with E-state index in [9.17, 15) is 4.79 Å². The summed E-state index contributed by atoms with van der Waals surface area (Å²) in [6.45, 7) is 3.35. The SMILES string of the molecule is CC(=O)Nc1cc(-c2cc(-c3ncco3)c(-c3ccccc3Cl)o2)c(C)cn1. The molecular formula is C21H16ClN3O3. The Labute approximate surface area is 166 Å². The molecule has 4 aromatic rings. The molecule has 4 rings (SSSR count). The van der Waals surface area contributed by atoms with E-state index in [1.54, 1.807) is 24.5 Å². The van der Waals surface area contributed by atoms with Crippen molar-refractivity contribution in [3.8, 4) is 34.1 Å². The minimum atomic E-state index is -0.195. The van der Waals surface area contributed by atoms with Crippen LogP contribution in [0.25, 0.3) is 34.1 Å². The number of hydrogen-bond donors (Lipinski definition) is 1. The van der Waals surface area contributed by atoms with Gasteiger partial charge in [-0.15, -0.1) is 0 Å². The molecule has 0 spiro atoms. The van der Waals surface area contributed by atoms with E-state index in [1.807, 2.05) is 31.2 Å². The number of aromatic nitrogens is 2.